The average Bonchev–Trinajstić information content (AvgIpc) is 2.93. The summed E-state index contributed by atoms with van der Waals surface area (Å²) < 4.78 is 0. The van der Waals surface area contributed by atoms with Crippen molar-refractivity contribution in [3.8, 4) is 0 Å². The largest absolute Gasteiger partial charge is 0.478 e. The maximum Gasteiger partial charge on any atom is 0.328 e. The monoisotopic (exact) mass is 384 g/mol. The van der Waals surface area contributed by atoms with E-state index in [1.165, 1.54) is 11.1 Å². The first-order chi connectivity index (χ1) is 13.2. The van der Waals surface area contributed by atoms with Gasteiger partial charge in [0, 0.05) is 12.5 Å². The molecule has 0 aromatic heterocycles. The van der Waals surface area contributed by atoms with Gasteiger partial charge < -0.3 is 5.11 Å². The third kappa shape index (κ3) is 7.45. The molecule has 0 amide bonds. The number of hydrogen-bond acceptors (Lipinski definition) is 3. The number of allylic oxidation sites excluding steroid dienone is 4. The highest BCUT2D eigenvalue weighted by molar-refractivity contribution is 5.79. The smallest absolute Gasteiger partial charge is 0.328 e. The van der Waals surface area contributed by atoms with Gasteiger partial charge in [-0.15, -0.1) is 0 Å². The summed E-state index contributed by atoms with van der Waals surface area (Å²) in [6, 6.07) is 10.4. The van der Waals surface area contributed by atoms with Gasteiger partial charge in [0.1, 0.15) is 11.2 Å². The Morgan fingerprint density at radius 1 is 1.25 bits per heavy atom. The zero-order valence-electron chi connectivity index (χ0n) is 17.4. The predicted molar refractivity (Wildman–Crippen MR) is 112 cm³/mol. The standard InChI is InChI=1S/C24H32O4/c1-19(10-8-9-13-21-11-6-5-7-12-21)16-20(2)17-24(4)18-23(3,27-28-24)15-14-22(25)26/h5-12,14-15,20H,13,16-18H2,1-4H3,(H,25,26). The van der Waals surface area contributed by atoms with E-state index in [4.69, 9.17) is 14.9 Å². The molecule has 3 unspecified atom stereocenters. The molecule has 0 bridgehead atoms. The number of hydrogen-bond donors (Lipinski definition) is 1. The fourth-order valence-electron chi connectivity index (χ4n) is 3.92. The highest BCUT2D eigenvalue weighted by Crippen LogP contribution is 2.41. The van der Waals surface area contributed by atoms with Crippen LogP contribution >= 0.6 is 0 Å². The molecule has 3 atom stereocenters. The Hall–Kier alpha value is -2.17. The van der Waals surface area contributed by atoms with Crippen LogP contribution in [0.15, 0.2) is 66.3 Å². The Labute approximate surface area is 168 Å². The van der Waals surface area contributed by atoms with Crippen LogP contribution in [0.3, 0.4) is 0 Å². The number of carboxylic acid groups (broad SMARTS) is 1. The van der Waals surface area contributed by atoms with Crippen LogP contribution in [0.4, 0.5) is 0 Å². The van der Waals surface area contributed by atoms with Crippen molar-refractivity contribution in [1.82, 2.24) is 0 Å². The summed E-state index contributed by atoms with van der Waals surface area (Å²) in [5.74, 6) is -0.550. The molecule has 1 aromatic carbocycles. The van der Waals surface area contributed by atoms with Crippen LogP contribution in [0.5, 0.6) is 0 Å². The Morgan fingerprint density at radius 3 is 2.64 bits per heavy atom. The van der Waals surface area contributed by atoms with Crippen LogP contribution < -0.4 is 0 Å². The normalized spacial score (nSPS) is 26.9. The van der Waals surface area contributed by atoms with Gasteiger partial charge in [-0.2, -0.15) is 0 Å². The van der Waals surface area contributed by atoms with Crippen LogP contribution in [-0.2, 0) is 21.0 Å². The van der Waals surface area contributed by atoms with Crippen molar-refractivity contribution in [2.45, 2.75) is 64.6 Å². The highest BCUT2D eigenvalue weighted by Gasteiger charge is 2.45. The zero-order valence-corrected chi connectivity index (χ0v) is 17.4. The van der Waals surface area contributed by atoms with Gasteiger partial charge in [-0.05, 0) is 57.6 Å². The topological polar surface area (TPSA) is 55.8 Å². The van der Waals surface area contributed by atoms with E-state index < -0.39 is 17.2 Å². The lowest BCUT2D eigenvalue weighted by atomic mass is 9.82. The molecule has 4 heteroatoms. The highest BCUT2D eigenvalue weighted by atomic mass is 17.2. The summed E-state index contributed by atoms with van der Waals surface area (Å²) in [5.41, 5.74) is 1.52. The van der Waals surface area contributed by atoms with E-state index >= 15 is 0 Å². The van der Waals surface area contributed by atoms with Crippen molar-refractivity contribution in [2.24, 2.45) is 5.92 Å². The third-order valence-electron chi connectivity index (χ3n) is 4.90. The Morgan fingerprint density at radius 2 is 1.96 bits per heavy atom. The SMILES string of the molecule is CC(=CC=CCc1ccccc1)CC(C)CC1(C)CC(C)(C=CC(=O)O)OO1. The van der Waals surface area contributed by atoms with Crippen LogP contribution in [0, 0.1) is 5.92 Å². The molecule has 1 aromatic rings. The van der Waals surface area contributed by atoms with Gasteiger partial charge in [0.15, 0.2) is 0 Å². The Kier molecular flexibility index (Phi) is 7.78. The lowest BCUT2D eigenvalue weighted by Gasteiger charge is -2.25. The molecule has 1 heterocycles. The maximum absolute atomic E-state index is 10.8. The molecule has 1 aliphatic rings. The van der Waals surface area contributed by atoms with Gasteiger partial charge in [0.2, 0.25) is 0 Å². The second-order valence-electron chi connectivity index (χ2n) is 8.42. The molecule has 4 nitrogen and oxygen atoms in total. The average molecular weight is 385 g/mol. The van der Waals surface area contributed by atoms with Crippen LogP contribution in [-0.4, -0.2) is 22.3 Å². The molecular weight excluding hydrogens is 352 g/mol. The van der Waals surface area contributed by atoms with Crippen LogP contribution in [0.1, 0.15) is 52.5 Å². The van der Waals surface area contributed by atoms with Gasteiger partial charge in [0.25, 0.3) is 0 Å². The maximum atomic E-state index is 10.8. The van der Waals surface area contributed by atoms with Crippen molar-refractivity contribution >= 4 is 5.97 Å². The van der Waals surface area contributed by atoms with E-state index in [9.17, 15) is 4.79 Å². The minimum absolute atomic E-state index is 0.416. The fraction of sp³-hybridized carbons (Fsp3) is 0.458. The van der Waals surface area contributed by atoms with Gasteiger partial charge in [-0.3, -0.25) is 0 Å². The second-order valence-corrected chi connectivity index (χ2v) is 8.42. The van der Waals surface area contributed by atoms with E-state index in [2.05, 4.69) is 56.3 Å². The molecule has 0 radical (unpaired) electrons. The van der Waals surface area contributed by atoms with E-state index in [0.717, 1.165) is 25.3 Å². The Bertz CT molecular complexity index is 734. The first kappa shape index (κ1) is 22.1. The molecule has 1 N–H and O–H groups in total. The minimum atomic E-state index is -0.979. The molecule has 2 rings (SSSR count). The van der Waals surface area contributed by atoms with Crippen molar-refractivity contribution in [3.63, 3.8) is 0 Å². The van der Waals surface area contributed by atoms with Gasteiger partial charge in [-0.1, -0.05) is 61.1 Å². The second kappa shape index (κ2) is 9.85. The molecule has 0 saturated carbocycles. The first-order valence-corrected chi connectivity index (χ1v) is 9.85. The minimum Gasteiger partial charge on any atom is -0.478 e. The van der Waals surface area contributed by atoms with Crippen LogP contribution in [0.2, 0.25) is 0 Å². The molecule has 152 valence electrons. The quantitative estimate of drug-likeness (QED) is 0.339. The lowest BCUT2D eigenvalue weighted by Crippen LogP contribution is -2.29. The van der Waals surface area contributed by atoms with E-state index in [-0.39, 0.29) is 0 Å². The first-order valence-electron chi connectivity index (χ1n) is 9.85. The molecule has 1 aliphatic heterocycles. The molecule has 0 aliphatic carbocycles. The molecule has 1 fully saturated rings. The lowest BCUT2D eigenvalue weighted by molar-refractivity contribution is -0.337. The fourth-order valence-corrected chi connectivity index (χ4v) is 3.92. The molecule has 0 spiro atoms. The molecule has 28 heavy (non-hydrogen) atoms. The van der Waals surface area contributed by atoms with Crippen LogP contribution in [0.25, 0.3) is 0 Å². The summed E-state index contributed by atoms with van der Waals surface area (Å²) >= 11 is 0. The third-order valence-corrected chi connectivity index (χ3v) is 4.90. The van der Waals surface area contributed by atoms with E-state index in [1.807, 2.05) is 19.9 Å². The Balaban J connectivity index is 1.82. The van der Waals surface area contributed by atoms with Gasteiger partial charge in [0.05, 0.1) is 0 Å². The van der Waals surface area contributed by atoms with Crippen molar-refractivity contribution in [2.75, 3.05) is 0 Å². The van der Waals surface area contributed by atoms with Gasteiger partial charge in [-0.25, -0.2) is 14.6 Å². The zero-order chi connectivity index (χ0) is 20.6. The van der Waals surface area contributed by atoms with Gasteiger partial charge >= 0.3 is 5.97 Å². The predicted octanol–water partition coefficient (Wildman–Crippen LogP) is 5.66. The molecular formula is C24H32O4. The summed E-state index contributed by atoms with van der Waals surface area (Å²) in [4.78, 5) is 21.8. The van der Waals surface area contributed by atoms with E-state index in [1.54, 1.807) is 6.08 Å². The van der Waals surface area contributed by atoms with Crippen molar-refractivity contribution in [3.05, 3.63) is 71.8 Å². The number of benzene rings is 1. The van der Waals surface area contributed by atoms with Crippen molar-refractivity contribution < 1.29 is 19.7 Å². The molecule has 1 saturated heterocycles. The summed E-state index contributed by atoms with van der Waals surface area (Å²) in [6.07, 6.45) is 12.6. The number of carboxylic acids is 1. The number of carbonyl (C=O) groups is 1. The number of aliphatic carboxylic acids is 1. The summed E-state index contributed by atoms with van der Waals surface area (Å²) in [6.45, 7) is 8.24. The van der Waals surface area contributed by atoms with Crippen molar-refractivity contribution in [1.29, 1.82) is 0 Å². The number of rotatable bonds is 9. The summed E-state index contributed by atoms with van der Waals surface area (Å²) in [5, 5.41) is 8.82. The van der Waals surface area contributed by atoms with E-state index in [0.29, 0.717) is 12.3 Å². The summed E-state index contributed by atoms with van der Waals surface area (Å²) in [7, 11) is 0.